The predicted octanol–water partition coefficient (Wildman–Crippen LogP) is 1.85. The first-order valence-electron chi connectivity index (χ1n) is 4.91. The summed E-state index contributed by atoms with van der Waals surface area (Å²) in [6, 6.07) is 5.98. The van der Waals surface area contributed by atoms with Crippen molar-refractivity contribution < 1.29 is 5.11 Å². The van der Waals surface area contributed by atoms with E-state index in [9.17, 15) is 5.11 Å². The molecule has 78 valence electrons. The molecule has 0 saturated carbocycles. The number of aromatic nitrogens is 1. The molecule has 0 atom stereocenters. The van der Waals surface area contributed by atoms with Gasteiger partial charge >= 0.3 is 90.3 Å². The Morgan fingerprint density at radius 2 is 1.79 bits per heavy atom. The zero-order chi connectivity index (χ0) is 11.0. The molecule has 0 aliphatic carbocycles. The van der Waals surface area contributed by atoms with Crippen LogP contribution in [0.25, 0.3) is 0 Å². The Kier molecular flexibility index (Phi) is 3.26. The van der Waals surface area contributed by atoms with Crippen molar-refractivity contribution in [2.45, 2.75) is 34.3 Å². The van der Waals surface area contributed by atoms with Gasteiger partial charge in [-0.15, -0.1) is 0 Å². The van der Waals surface area contributed by atoms with Crippen molar-refractivity contribution in [3.05, 3.63) is 23.9 Å². The summed E-state index contributed by atoms with van der Waals surface area (Å²) < 4.78 is 1.22. The van der Waals surface area contributed by atoms with Gasteiger partial charge in [0.2, 0.25) is 0 Å². The molecule has 0 aromatic carbocycles. The van der Waals surface area contributed by atoms with E-state index in [4.69, 9.17) is 0 Å². The van der Waals surface area contributed by atoms with Gasteiger partial charge in [-0.2, -0.15) is 0 Å². The number of nitrogens with zero attached hydrogens (tertiary/aromatic N) is 1. The standard InChI is InChI=1S/C8H10NO.3CH3.Sn/c1-8(2,10)7-5-3-4-6-9-7;;;;/h3-5,10H,1-2H3;3*1H3;. The van der Waals surface area contributed by atoms with Crippen LogP contribution in [-0.4, -0.2) is 28.5 Å². The molecule has 0 aliphatic heterocycles. The third-order valence-corrected chi connectivity index (χ3v) is 7.33. The van der Waals surface area contributed by atoms with Crippen molar-refractivity contribution in [3.8, 4) is 0 Å². The number of aliphatic hydroxyl groups is 1. The molecule has 0 bridgehead atoms. The predicted molar refractivity (Wildman–Crippen MR) is 62.5 cm³/mol. The average Bonchev–Trinajstić information content (AvgIpc) is 2.01. The van der Waals surface area contributed by atoms with E-state index in [-0.39, 0.29) is 0 Å². The van der Waals surface area contributed by atoms with Crippen LogP contribution in [0.15, 0.2) is 18.2 Å². The van der Waals surface area contributed by atoms with Crippen LogP contribution in [0.2, 0.25) is 14.8 Å². The van der Waals surface area contributed by atoms with Crippen LogP contribution in [0.3, 0.4) is 0 Å². The summed E-state index contributed by atoms with van der Waals surface area (Å²) in [5, 5.41) is 9.84. The molecule has 1 aromatic heterocycles. The Balaban J connectivity index is 3.15. The molecule has 3 heteroatoms. The fourth-order valence-electron chi connectivity index (χ4n) is 1.19. The van der Waals surface area contributed by atoms with Crippen LogP contribution in [-0.2, 0) is 5.60 Å². The summed E-state index contributed by atoms with van der Waals surface area (Å²) in [5.41, 5.74) is -0.0470. The van der Waals surface area contributed by atoms with Gasteiger partial charge in [0.25, 0.3) is 0 Å². The number of hydrogen-bond donors (Lipinski definition) is 1. The molecule has 14 heavy (non-hydrogen) atoms. The molecule has 1 N–H and O–H groups in total. The molecule has 0 unspecified atom stereocenters. The summed E-state index contributed by atoms with van der Waals surface area (Å²) in [4.78, 5) is 11.5. The maximum absolute atomic E-state index is 9.84. The summed E-state index contributed by atoms with van der Waals surface area (Å²) in [6.45, 7) is 3.55. The Labute approximate surface area is 90.3 Å². The Bertz CT molecular complexity index is 294. The van der Waals surface area contributed by atoms with E-state index in [0.29, 0.717) is 0 Å². The normalized spacial score (nSPS) is 13.0. The van der Waals surface area contributed by atoms with Gasteiger partial charge in [-0.25, -0.2) is 0 Å². The first kappa shape index (κ1) is 12.0. The SMILES string of the molecule is CC(C)(O)c1ccc[c]([Sn]([CH3])([CH3])[CH3])n1. The first-order valence-corrected chi connectivity index (χ1v) is 14.9. The summed E-state index contributed by atoms with van der Waals surface area (Å²) >= 11 is -2.08. The maximum atomic E-state index is 9.84. The molecule has 1 aromatic rings. The molecule has 1 heterocycles. The van der Waals surface area contributed by atoms with Gasteiger partial charge in [0.15, 0.2) is 0 Å². The van der Waals surface area contributed by atoms with E-state index in [0.717, 1.165) is 5.69 Å². The minimum atomic E-state index is -2.08. The van der Waals surface area contributed by atoms with E-state index >= 15 is 0 Å². The quantitative estimate of drug-likeness (QED) is 0.846. The molecule has 0 saturated heterocycles. The zero-order valence-electron chi connectivity index (χ0n) is 9.63. The summed E-state index contributed by atoms with van der Waals surface area (Å²) in [7, 11) is 0. The van der Waals surface area contributed by atoms with Gasteiger partial charge in [0, 0.05) is 0 Å². The number of hydrogen-bond acceptors (Lipinski definition) is 2. The van der Waals surface area contributed by atoms with Gasteiger partial charge < -0.3 is 0 Å². The first-order chi connectivity index (χ1) is 6.21. The third kappa shape index (κ3) is 2.95. The second-order valence-corrected chi connectivity index (χ2v) is 19.5. The molecule has 2 nitrogen and oxygen atoms in total. The molecule has 1 rings (SSSR count). The topological polar surface area (TPSA) is 33.1 Å². The van der Waals surface area contributed by atoms with Crippen molar-refractivity contribution in [1.82, 2.24) is 4.98 Å². The van der Waals surface area contributed by atoms with E-state index in [1.54, 1.807) is 13.8 Å². The average molecular weight is 300 g/mol. The van der Waals surface area contributed by atoms with E-state index < -0.39 is 24.0 Å². The second-order valence-electron chi connectivity index (χ2n) is 5.22. The fraction of sp³-hybridized carbons (Fsp3) is 0.545. The number of rotatable bonds is 2. The van der Waals surface area contributed by atoms with Crippen LogP contribution in [0.1, 0.15) is 19.5 Å². The molecule has 0 spiro atoms. The molecule has 0 fully saturated rings. The van der Waals surface area contributed by atoms with Crippen molar-refractivity contribution in [1.29, 1.82) is 0 Å². The summed E-state index contributed by atoms with van der Waals surface area (Å²) in [6.07, 6.45) is 0. The van der Waals surface area contributed by atoms with Gasteiger partial charge in [-0.1, -0.05) is 0 Å². The molecule has 0 radical (unpaired) electrons. The zero-order valence-corrected chi connectivity index (χ0v) is 12.5. The van der Waals surface area contributed by atoms with Crippen molar-refractivity contribution in [3.63, 3.8) is 0 Å². The van der Waals surface area contributed by atoms with Gasteiger partial charge in [0.1, 0.15) is 0 Å². The van der Waals surface area contributed by atoms with Crippen LogP contribution >= 0.6 is 0 Å². The Hall–Kier alpha value is -0.0913. The van der Waals surface area contributed by atoms with Gasteiger partial charge in [-0.3, -0.25) is 0 Å². The fourth-order valence-corrected chi connectivity index (χ4v) is 4.20. The molecular formula is C11H19NOSn. The molecular weight excluding hydrogens is 281 g/mol. The minimum absolute atomic E-state index is 0.779. The van der Waals surface area contributed by atoms with E-state index in [1.807, 2.05) is 12.1 Å². The molecule has 0 amide bonds. The van der Waals surface area contributed by atoms with E-state index in [2.05, 4.69) is 25.9 Å². The molecule has 0 aliphatic rings. The summed E-state index contributed by atoms with van der Waals surface area (Å²) in [5.74, 6) is 0. The van der Waals surface area contributed by atoms with Gasteiger partial charge in [-0.05, 0) is 0 Å². The van der Waals surface area contributed by atoms with Crippen LogP contribution in [0, 0.1) is 0 Å². The van der Waals surface area contributed by atoms with Crippen LogP contribution in [0.4, 0.5) is 0 Å². The van der Waals surface area contributed by atoms with Gasteiger partial charge in [0.05, 0.1) is 0 Å². The Morgan fingerprint density at radius 1 is 1.21 bits per heavy atom. The Morgan fingerprint density at radius 3 is 2.21 bits per heavy atom. The third-order valence-electron chi connectivity index (χ3n) is 2.14. The number of pyridine rings is 1. The van der Waals surface area contributed by atoms with E-state index in [1.165, 1.54) is 3.71 Å². The van der Waals surface area contributed by atoms with Crippen molar-refractivity contribution >= 4 is 22.1 Å². The second kappa shape index (κ2) is 3.81. The van der Waals surface area contributed by atoms with Crippen LogP contribution in [0.5, 0.6) is 0 Å². The van der Waals surface area contributed by atoms with Crippen molar-refractivity contribution in [2.24, 2.45) is 0 Å². The van der Waals surface area contributed by atoms with Crippen molar-refractivity contribution in [2.75, 3.05) is 0 Å². The monoisotopic (exact) mass is 301 g/mol. The van der Waals surface area contributed by atoms with Crippen LogP contribution < -0.4 is 3.71 Å².